The number of hydrogen-bond donors (Lipinski definition) is 0. The number of piperidine rings is 2. The lowest BCUT2D eigenvalue weighted by Crippen LogP contribution is -2.51. The first-order valence-corrected chi connectivity index (χ1v) is 6.33. The summed E-state index contributed by atoms with van der Waals surface area (Å²) in [5, 5.41) is 0. The summed E-state index contributed by atoms with van der Waals surface area (Å²) in [4.78, 5) is 14.1. The van der Waals surface area contributed by atoms with Gasteiger partial charge in [-0.25, -0.2) is 0 Å². The van der Waals surface area contributed by atoms with Crippen LogP contribution in [-0.2, 0) is 4.79 Å². The van der Waals surface area contributed by atoms with Gasteiger partial charge < -0.3 is 4.90 Å². The molecule has 2 heterocycles. The standard InChI is InChI=1S/C13H18F3NO/c1-8(13(14,15)16)12(18)9-6-10-4-3-5-11(7-9)17(10)2/h9-11H,1,3-7H2,2H3. The van der Waals surface area contributed by atoms with Gasteiger partial charge in [-0.1, -0.05) is 13.0 Å². The van der Waals surface area contributed by atoms with Crippen LogP contribution < -0.4 is 0 Å². The van der Waals surface area contributed by atoms with Crippen molar-refractivity contribution in [1.29, 1.82) is 0 Å². The number of allylic oxidation sites excluding steroid dienone is 1. The van der Waals surface area contributed by atoms with Crippen LogP contribution in [-0.4, -0.2) is 36.0 Å². The molecule has 2 nitrogen and oxygen atoms in total. The maximum absolute atomic E-state index is 12.5. The minimum Gasteiger partial charge on any atom is -0.300 e. The zero-order chi connectivity index (χ0) is 13.5. The van der Waals surface area contributed by atoms with Gasteiger partial charge in [-0.05, 0) is 32.7 Å². The van der Waals surface area contributed by atoms with Crippen molar-refractivity contribution in [3.8, 4) is 0 Å². The van der Waals surface area contributed by atoms with Crippen molar-refractivity contribution in [3.63, 3.8) is 0 Å². The van der Waals surface area contributed by atoms with Crippen LogP contribution in [0.5, 0.6) is 0 Å². The van der Waals surface area contributed by atoms with Gasteiger partial charge >= 0.3 is 6.18 Å². The van der Waals surface area contributed by atoms with Crippen molar-refractivity contribution in [1.82, 2.24) is 4.90 Å². The van der Waals surface area contributed by atoms with E-state index >= 15 is 0 Å². The zero-order valence-electron chi connectivity index (χ0n) is 10.5. The van der Waals surface area contributed by atoms with E-state index in [-0.39, 0.29) is 12.1 Å². The summed E-state index contributed by atoms with van der Waals surface area (Å²) in [5.74, 6) is -1.29. The second-order valence-corrected chi connectivity index (χ2v) is 5.41. The van der Waals surface area contributed by atoms with Gasteiger partial charge in [0.25, 0.3) is 0 Å². The number of rotatable bonds is 2. The van der Waals surface area contributed by atoms with Gasteiger partial charge in [0, 0.05) is 18.0 Å². The van der Waals surface area contributed by atoms with Crippen molar-refractivity contribution in [2.45, 2.75) is 50.4 Å². The Morgan fingerprint density at radius 1 is 1.22 bits per heavy atom. The van der Waals surface area contributed by atoms with Crippen molar-refractivity contribution >= 4 is 5.78 Å². The Morgan fingerprint density at radius 2 is 1.72 bits per heavy atom. The summed E-state index contributed by atoms with van der Waals surface area (Å²) in [5.41, 5.74) is -1.19. The second kappa shape index (κ2) is 4.68. The number of carbonyl (C=O) groups excluding carboxylic acids is 1. The third kappa shape index (κ3) is 2.46. The minimum atomic E-state index is -4.59. The Balaban J connectivity index is 2.07. The number of hydrogen-bond acceptors (Lipinski definition) is 2. The molecule has 0 aromatic carbocycles. The summed E-state index contributed by atoms with van der Waals surface area (Å²) in [6.45, 7) is 2.93. The SMILES string of the molecule is C=C(C(=O)C1CC2CCCC(C1)N2C)C(F)(F)F. The second-order valence-electron chi connectivity index (χ2n) is 5.41. The number of alkyl halides is 3. The molecule has 2 rings (SSSR count). The third-order valence-electron chi connectivity index (χ3n) is 4.35. The van der Waals surface area contributed by atoms with Gasteiger partial charge in [0.1, 0.15) is 0 Å². The fraction of sp³-hybridized carbons (Fsp3) is 0.769. The molecule has 0 aromatic heterocycles. The molecule has 18 heavy (non-hydrogen) atoms. The molecule has 2 saturated heterocycles. The van der Waals surface area contributed by atoms with Crippen molar-refractivity contribution in [3.05, 3.63) is 12.2 Å². The number of carbonyl (C=O) groups is 1. The van der Waals surface area contributed by atoms with Crippen LogP contribution in [0.15, 0.2) is 12.2 Å². The maximum Gasteiger partial charge on any atom is 0.419 e. The van der Waals surface area contributed by atoms with Crippen molar-refractivity contribution < 1.29 is 18.0 Å². The lowest BCUT2D eigenvalue weighted by Gasteiger charge is -2.46. The molecule has 0 amide bonds. The van der Waals surface area contributed by atoms with E-state index in [0.29, 0.717) is 12.8 Å². The van der Waals surface area contributed by atoms with Gasteiger partial charge in [0.15, 0.2) is 5.78 Å². The lowest BCUT2D eigenvalue weighted by molar-refractivity contribution is -0.135. The fourth-order valence-corrected chi connectivity index (χ4v) is 3.22. The molecular weight excluding hydrogens is 243 g/mol. The molecule has 0 radical (unpaired) electrons. The highest BCUT2D eigenvalue weighted by atomic mass is 19.4. The molecular formula is C13H18F3NO. The smallest absolute Gasteiger partial charge is 0.300 e. The minimum absolute atomic E-state index is 0.257. The summed E-state index contributed by atoms with van der Waals surface area (Å²) in [6, 6.07) is 0.514. The van der Waals surface area contributed by atoms with Crippen LogP contribution in [0.2, 0.25) is 0 Å². The molecule has 0 saturated carbocycles. The Kier molecular flexibility index (Phi) is 3.54. The normalized spacial score (nSPS) is 33.2. The van der Waals surface area contributed by atoms with E-state index in [2.05, 4.69) is 11.5 Å². The number of fused-ring (bicyclic) bond motifs is 2. The first-order chi connectivity index (χ1) is 8.30. The van der Waals surface area contributed by atoms with Crippen molar-refractivity contribution in [2.24, 2.45) is 5.92 Å². The highest BCUT2D eigenvalue weighted by molar-refractivity contribution is 5.97. The van der Waals surface area contributed by atoms with E-state index in [1.807, 2.05) is 7.05 Å². The average molecular weight is 261 g/mol. The average Bonchev–Trinajstić information content (AvgIpc) is 2.25. The summed E-state index contributed by atoms with van der Waals surface area (Å²) in [6.07, 6.45) is -0.428. The first kappa shape index (κ1) is 13.6. The Bertz CT molecular complexity index is 350. The summed E-state index contributed by atoms with van der Waals surface area (Å²) in [7, 11) is 2.01. The van der Waals surface area contributed by atoms with E-state index in [4.69, 9.17) is 0 Å². The van der Waals surface area contributed by atoms with Gasteiger partial charge in [0.05, 0.1) is 5.57 Å². The van der Waals surface area contributed by atoms with Gasteiger partial charge in [-0.3, -0.25) is 4.79 Å². The maximum atomic E-state index is 12.5. The van der Waals surface area contributed by atoms with Crippen LogP contribution in [0, 0.1) is 5.92 Å². The highest BCUT2D eigenvalue weighted by Crippen LogP contribution is 2.38. The molecule has 2 aliphatic rings. The monoisotopic (exact) mass is 261 g/mol. The summed E-state index contributed by atoms with van der Waals surface area (Å²) < 4.78 is 37.5. The largest absolute Gasteiger partial charge is 0.419 e. The predicted octanol–water partition coefficient (Wildman–Crippen LogP) is 2.94. The number of nitrogens with zero attached hydrogens (tertiary/aromatic N) is 1. The van der Waals surface area contributed by atoms with E-state index in [9.17, 15) is 18.0 Å². The molecule has 2 fully saturated rings. The highest BCUT2D eigenvalue weighted by Gasteiger charge is 2.44. The van der Waals surface area contributed by atoms with Crippen molar-refractivity contribution in [2.75, 3.05) is 7.05 Å². The van der Waals surface area contributed by atoms with Crippen LogP contribution in [0.3, 0.4) is 0 Å². The van der Waals surface area contributed by atoms with Crippen LogP contribution in [0.25, 0.3) is 0 Å². The quantitative estimate of drug-likeness (QED) is 0.712. The zero-order valence-corrected chi connectivity index (χ0v) is 10.5. The molecule has 0 spiro atoms. The molecule has 2 aliphatic heterocycles. The molecule has 102 valence electrons. The van der Waals surface area contributed by atoms with E-state index in [1.54, 1.807) is 0 Å². The lowest BCUT2D eigenvalue weighted by atomic mass is 9.76. The fourth-order valence-electron chi connectivity index (χ4n) is 3.22. The van der Waals surface area contributed by atoms with Crippen LogP contribution in [0.4, 0.5) is 13.2 Å². The van der Waals surface area contributed by atoms with Crippen LogP contribution in [0.1, 0.15) is 32.1 Å². The molecule has 2 atom stereocenters. The number of Topliss-reactive ketones (excluding diaryl/α,β-unsaturated/α-hetero) is 1. The molecule has 0 aliphatic carbocycles. The van der Waals surface area contributed by atoms with Gasteiger partial charge in [-0.2, -0.15) is 13.2 Å². The molecule has 0 N–H and O–H groups in total. The molecule has 2 bridgehead atoms. The van der Waals surface area contributed by atoms with E-state index in [0.717, 1.165) is 19.3 Å². The molecule has 0 aromatic rings. The number of ketones is 1. The Hall–Kier alpha value is -0.840. The summed E-state index contributed by atoms with van der Waals surface area (Å²) >= 11 is 0. The third-order valence-corrected chi connectivity index (χ3v) is 4.35. The molecule has 5 heteroatoms. The number of halogens is 3. The predicted molar refractivity (Wildman–Crippen MR) is 62.1 cm³/mol. The topological polar surface area (TPSA) is 20.3 Å². The van der Waals surface area contributed by atoms with Gasteiger partial charge in [0.2, 0.25) is 0 Å². The Morgan fingerprint density at radius 3 is 2.17 bits per heavy atom. The van der Waals surface area contributed by atoms with E-state index < -0.39 is 23.5 Å². The molecule has 2 unspecified atom stereocenters. The van der Waals surface area contributed by atoms with E-state index in [1.165, 1.54) is 0 Å². The van der Waals surface area contributed by atoms with Gasteiger partial charge in [-0.15, -0.1) is 0 Å². The first-order valence-electron chi connectivity index (χ1n) is 6.33. The Labute approximate surface area is 105 Å². The van der Waals surface area contributed by atoms with Crippen LogP contribution >= 0.6 is 0 Å².